The molecular weight excluding hydrogens is 72.1 g/mol. The zero-order valence-corrected chi connectivity index (χ0v) is 3.72. The lowest BCUT2D eigenvalue weighted by Gasteiger charge is -2.20. The van der Waals surface area contributed by atoms with Crippen molar-refractivity contribution < 1.29 is 2.74 Å². The van der Waals surface area contributed by atoms with E-state index in [9.17, 15) is 0 Å². The Morgan fingerprint density at radius 1 is 2.17 bits per heavy atom. The van der Waals surface area contributed by atoms with Gasteiger partial charge in [0.25, 0.3) is 0 Å². The number of allylic oxidation sites excluding steroid dienone is 1. The average molecular weight is 84.2 g/mol. The molecule has 1 rings (SSSR count). The molecule has 1 aliphatic rings. The molecule has 1 saturated carbocycles. The van der Waals surface area contributed by atoms with E-state index in [0.29, 0.717) is 5.92 Å². The fourth-order valence-corrected chi connectivity index (χ4v) is 0.534. The summed E-state index contributed by atoms with van der Waals surface area (Å²) >= 11 is 0. The smallest absolute Gasteiger partial charge is 0.0535 e. The quantitative estimate of drug-likeness (QED) is 0.426. The van der Waals surface area contributed by atoms with Crippen molar-refractivity contribution in [3.8, 4) is 0 Å². The third kappa shape index (κ3) is 0.469. The Bertz CT molecular complexity index is 98.7. The summed E-state index contributed by atoms with van der Waals surface area (Å²) in [5.41, 5.74) is 0. The Hall–Kier alpha value is -0.260. The van der Waals surface area contributed by atoms with Crippen LogP contribution >= 0.6 is 0 Å². The highest BCUT2D eigenvalue weighted by atomic mass is 14.2. The van der Waals surface area contributed by atoms with Crippen molar-refractivity contribution in [2.45, 2.75) is 19.2 Å². The van der Waals surface area contributed by atoms with E-state index in [-0.39, 0.29) is 6.40 Å². The molecule has 0 spiro atoms. The molecule has 0 nitrogen and oxygen atoms in total. The highest BCUT2D eigenvalue weighted by Crippen LogP contribution is 2.26. The van der Waals surface area contributed by atoms with E-state index in [1.54, 1.807) is 6.08 Å². The van der Waals surface area contributed by atoms with Crippen LogP contribution in [0.25, 0.3) is 0 Å². The molecular formula is C6H10. The van der Waals surface area contributed by atoms with Gasteiger partial charge in [-0.15, -0.1) is 6.55 Å². The summed E-state index contributed by atoms with van der Waals surface area (Å²) in [6.45, 7) is 1.30. The Morgan fingerprint density at radius 2 is 3.17 bits per heavy atom. The van der Waals surface area contributed by atoms with Crippen LogP contribution in [0.15, 0.2) is 12.6 Å². The van der Waals surface area contributed by atoms with Crippen molar-refractivity contribution in [1.82, 2.24) is 0 Å². The van der Waals surface area contributed by atoms with Crippen LogP contribution in [-0.2, 0) is 0 Å². The number of hydrogen-bond acceptors (Lipinski definition) is 0. The Balaban J connectivity index is 2.27. The summed E-state index contributed by atoms with van der Waals surface area (Å²) in [6, 6.07) is 0. The minimum atomic E-state index is 0.0941. The first-order chi connectivity index (χ1) is 3.84. The van der Waals surface area contributed by atoms with Crippen LogP contribution in [0.3, 0.4) is 0 Å². The van der Waals surface area contributed by atoms with Crippen molar-refractivity contribution in [1.29, 1.82) is 0 Å². The summed E-state index contributed by atoms with van der Waals surface area (Å²) in [5, 5.41) is 0. The van der Waals surface area contributed by atoms with E-state index in [1.165, 1.54) is 6.55 Å². The van der Waals surface area contributed by atoms with Crippen LogP contribution in [0.5, 0.6) is 0 Å². The largest absolute Gasteiger partial charge is 0.103 e. The van der Waals surface area contributed by atoms with Gasteiger partial charge in [0.1, 0.15) is 0 Å². The van der Waals surface area contributed by atoms with Gasteiger partial charge >= 0.3 is 0 Å². The van der Waals surface area contributed by atoms with Crippen LogP contribution in [0.2, 0.25) is 0 Å². The van der Waals surface area contributed by atoms with Gasteiger partial charge in [-0.2, -0.15) is 0 Å². The Kier molecular flexibility index (Phi) is 0.524. The van der Waals surface area contributed by atoms with Gasteiger partial charge in [-0.05, 0) is 18.7 Å². The molecule has 0 heteroatoms. The molecule has 34 valence electrons. The van der Waals surface area contributed by atoms with Crippen molar-refractivity contribution in [3.63, 3.8) is 0 Å². The highest BCUT2D eigenvalue weighted by molar-refractivity contribution is 4.84. The second-order valence-electron chi connectivity index (χ2n) is 1.67. The van der Waals surface area contributed by atoms with E-state index in [0.717, 1.165) is 12.8 Å². The Labute approximate surface area is 41.7 Å². The fraction of sp³-hybridized carbons (Fsp3) is 0.667. The lowest BCUT2D eigenvalue weighted by Crippen LogP contribution is -2.05. The third-order valence-electron chi connectivity index (χ3n) is 1.22. The first-order valence-corrected chi connectivity index (χ1v) is 2.32. The maximum absolute atomic E-state index is 7.24. The van der Waals surface area contributed by atoms with Gasteiger partial charge in [0.05, 0.1) is 1.37 Å². The normalized spacial score (nSPS) is 50.7. The molecule has 0 N–H and O–H groups in total. The second-order valence-corrected chi connectivity index (χ2v) is 1.67. The number of hydrogen-bond donors (Lipinski definition) is 0. The van der Waals surface area contributed by atoms with Crippen LogP contribution in [-0.4, -0.2) is 0 Å². The lowest BCUT2D eigenvalue weighted by atomic mass is 9.86. The van der Waals surface area contributed by atoms with Crippen LogP contribution in [0.1, 0.15) is 22.0 Å². The van der Waals surface area contributed by atoms with Crippen LogP contribution in [0.4, 0.5) is 0 Å². The van der Waals surface area contributed by atoms with E-state index in [1.807, 2.05) is 0 Å². The SMILES string of the molecule is [2H]C=CC1CC[C@H]1[2H]. The summed E-state index contributed by atoms with van der Waals surface area (Å²) in [5.74, 6) is 0.396. The van der Waals surface area contributed by atoms with Gasteiger partial charge in [0, 0.05) is 1.37 Å². The summed E-state index contributed by atoms with van der Waals surface area (Å²) < 4.78 is 13.9. The molecule has 0 aromatic rings. The zero-order valence-electron chi connectivity index (χ0n) is 5.72. The predicted molar refractivity (Wildman–Crippen MR) is 27.5 cm³/mol. The van der Waals surface area contributed by atoms with Gasteiger partial charge in [-0.3, -0.25) is 0 Å². The molecule has 1 aliphatic carbocycles. The monoisotopic (exact) mass is 84.1 g/mol. The summed E-state index contributed by atoms with van der Waals surface area (Å²) in [6.07, 6.45) is 4.04. The first kappa shape index (κ1) is 2.15. The molecule has 1 fully saturated rings. The summed E-state index contributed by atoms with van der Waals surface area (Å²) in [4.78, 5) is 0. The maximum atomic E-state index is 7.24. The molecule has 0 aliphatic heterocycles. The van der Waals surface area contributed by atoms with Crippen molar-refractivity contribution in [2.75, 3.05) is 0 Å². The molecule has 0 aromatic carbocycles. The molecule has 0 saturated heterocycles. The van der Waals surface area contributed by atoms with E-state index < -0.39 is 0 Å². The molecule has 0 aromatic heterocycles. The lowest BCUT2D eigenvalue weighted by molar-refractivity contribution is 0.388. The van der Waals surface area contributed by atoms with E-state index >= 15 is 0 Å². The highest BCUT2D eigenvalue weighted by Gasteiger charge is 2.11. The van der Waals surface area contributed by atoms with Gasteiger partial charge in [0.15, 0.2) is 0 Å². The predicted octanol–water partition coefficient (Wildman–Crippen LogP) is 1.97. The molecule has 0 radical (unpaired) electrons. The first-order valence-electron chi connectivity index (χ1n) is 3.47. The average Bonchev–Trinajstić information content (AvgIpc) is 1.79. The minimum absolute atomic E-state index is 0.0941. The second kappa shape index (κ2) is 1.46. The van der Waals surface area contributed by atoms with E-state index in [2.05, 4.69) is 0 Å². The molecule has 1 unspecified atom stereocenters. The number of rotatable bonds is 1. The topological polar surface area (TPSA) is 0 Å². The van der Waals surface area contributed by atoms with Gasteiger partial charge in [-0.25, -0.2) is 0 Å². The molecule has 0 heterocycles. The third-order valence-corrected chi connectivity index (χ3v) is 1.22. The van der Waals surface area contributed by atoms with Gasteiger partial charge < -0.3 is 0 Å². The van der Waals surface area contributed by atoms with E-state index in [4.69, 9.17) is 2.74 Å². The molecule has 0 amide bonds. The zero-order chi connectivity index (χ0) is 5.98. The minimum Gasteiger partial charge on any atom is -0.103 e. The van der Waals surface area contributed by atoms with Crippen LogP contribution < -0.4 is 0 Å². The molecule has 0 bridgehead atoms. The summed E-state index contributed by atoms with van der Waals surface area (Å²) in [7, 11) is 0. The van der Waals surface area contributed by atoms with Crippen molar-refractivity contribution in [3.05, 3.63) is 12.6 Å². The van der Waals surface area contributed by atoms with Gasteiger partial charge in [-0.1, -0.05) is 12.5 Å². The maximum Gasteiger partial charge on any atom is 0.0535 e. The van der Waals surface area contributed by atoms with Crippen LogP contribution in [0, 0.1) is 5.92 Å². The fourth-order valence-electron chi connectivity index (χ4n) is 0.534. The van der Waals surface area contributed by atoms with Crippen molar-refractivity contribution in [2.24, 2.45) is 5.92 Å². The molecule has 6 heavy (non-hydrogen) atoms. The van der Waals surface area contributed by atoms with Crippen molar-refractivity contribution >= 4 is 0 Å². The standard InChI is InChI=1S/C6H10/c1-2-6-4-3-5-6/h2,6H,1,3-5H2/i1D,4D/t4-,6?/m1/s1. The Morgan fingerprint density at radius 3 is 3.33 bits per heavy atom. The van der Waals surface area contributed by atoms with Gasteiger partial charge in [0.2, 0.25) is 0 Å². The molecule has 2 atom stereocenters.